The van der Waals surface area contributed by atoms with Gasteiger partial charge in [-0.1, -0.05) is 6.07 Å². The SMILES string of the molecule is Cc1cc(F)ccc1CCON. The Morgan fingerprint density at radius 1 is 1.50 bits per heavy atom. The Morgan fingerprint density at radius 2 is 2.25 bits per heavy atom. The van der Waals surface area contributed by atoms with Gasteiger partial charge >= 0.3 is 0 Å². The number of hydrogen-bond donors (Lipinski definition) is 1. The molecule has 0 saturated carbocycles. The molecule has 0 unspecified atom stereocenters. The Hall–Kier alpha value is -0.930. The summed E-state index contributed by atoms with van der Waals surface area (Å²) in [4.78, 5) is 4.44. The van der Waals surface area contributed by atoms with Crippen molar-refractivity contribution in [3.8, 4) is 0 Å². The Bertz CT molecular complexity index is 263. The minimum atomic E-state index is -0.204. The summed E-state index contributed by atoms with van der Waals surface area (Å²) in [7, 11) is 0. The highest BCUT2D eigenvalue weighted by Crippen LogP contribution is 2.10. The van der Waals surface area contributed by atoms with Gasteiger partial charge < -0.3 is 4.84 Å². The maximum Gasteiger partial charge on any atom is 0.123 e. The van der Waals surface area contributed by atoms with E-state index in [9.17, 15) is 4.39 Å². The van der Waals surface area contributed by atoms with Crippen molar-refractivity contribution in [2.24, 2.45) is 5.90 Å². The van der Waals surface area contributed by atoms with Gasteiger partial charge in [0.25, 0.3) is 0 Å². The fraction of sp³-hybridized carbons (Fsp3) is 0.333. The van der Waals surface area contributed by atoms with Crippen LogP contribution in [0.2, 0.25) is 0 Å². The molecule has 0 bridgehead atoms. The van der Waals surface area contributed by atoms with Gasteiger partial charge in [-0.15, -0.1) is 0 Å². The first-order valence-electron chi connectivity index (χ1n) is 3.80. The van der Waals surface area contributed by atoms with Crippen LogP contribution in [0, 0.1) is 12.7 Å². The molecular weight excluding hydrogens is 157 g/mol. The largest absolute Gasteiger partial charge is 0.304 e. The van der Waals surface area contributed by atoms with Crippen molar-refractivity contribution in [2.45, 2.75) is 13.3 Å². The maximum atomic E-state index is 12.6. The van der Waals surface area contributed by atoms with E-state index in [0.29, 0.717) is 6.61 Å². The molecule has 12 heavy (non-hydrogen) atoms. The highest BCUT2D eigenvalue weighted by atomic mass is 19.1. The van der Waals surface area contributed by atoms with Gasteiger partial charge in [0.2, 0.25) is 0 Å². The zero-order chi connectivity index (χ0) is 8.97. The number of rotatable bonds is 3. The van der Waals surface area contributed by atoms with E-state index in [0.717, 1.165) is 17.5 Å². The predicted molar refractivity (Wildman–Crippen MR) is 45.0 cm³/mol. The van der Waals surface area contributed by atoms with E-state index in [4.69, 9.17) is 5.90 Å². The van der Waals surface area contributed by atoms with Gasteiger partial charge in [0.05, 0.1) is 6.61 Å². The third-order valence-corrected chi connectivity index (χ3v) is 1.79. The van der Waals surface area contributed by atoms with Gasteiger partial charge in [0.1, 0.15) is 5.82 Å². The molecule has 0 atom stereocenters. The zero-order valence-corrected chi connectivity index (χ0v) is 7.01. The summed E-state index contributed by atoms with van der Waals surface area (Å²) in [6.07, 6.45) is 0.725. The minimum absolute atomic E-state index is 0.204. The van der Waals surface area contributed by atoms with Crippen LogP contribution in [0.15, 0.2) is 18.2 Å². The van der Waals surface area contributed by atoms with Gasteiger partial charge in [-0.05, 0) is 36.6 Å². The van der Waals surface area contributed by atoms with E-state index in [1.807, 2.05) is 6.92 Å². The molecule has 1 aromatic rings. The van der Waals surface area contributed by atoms with Gasteiger partial charge in [-0.3, -0.25) is 0 Å². The molecule has 0 radical (unpaired) electrons. The summed E-state index contributed by atoms with van der Waals surface area (Å²) in [5, 5.41) is 0. The Morgan fingerprint density at radius 3 is 2.83 bits per heavy atom. The van der Waals surface area contributed by atoms with Crippen molar-refractivity contribution in [3.63, 3.8) is 0 Å². The molecule has 2 nitrogen and oxygen atoms in total. The normalized spacial score (nSPS) is 10.2. The van der Waals surface area contributed by atoms with Crippen molar-refractivity contribution >= 4 is 0 Å². The highest BCUT2D eigenvalue weighted by Gasteiger charge is 1.98. The smallest absolute Gasteiger partial charge is 0.123 e. The first kappa shape index (κ1) is 9.16. The summed E-state index contributed by atoms with van der Waals surface area (Å²) < 4.78 is 12.6. The molecule has 0 saturated heterocycles. The van der Waals surface area contributed by atoms with E-state index < -0.39 is 0 Å². The molecule has 2 N–H and O–H groups in total. The molecule has 0 aliphatic heterocycles. The topological polar surface area (TPSA) is 35.2 Å². The fourth-order valence-corrected chi connectivity index (χ4v) is 1.11. The quantitative estimate of drug-likeness (QED) is 0.697. The van der Waals surface area contributed by atoms with Crippen LogP contribution in [-0.4, -0.2) is 6.61 Å². The summed E-state index contributed by atoms with van der Waals surface area (Å²) in [6.45, 7) is 2.33. The molecular formula is C9H12FNO. The van der Waals surface area contributed by atoms with Gasteiger partial charge in [0, 0.05) is 0 Å². The van der Waals surface area contributed by atoms with Crippen LogP contribution in [0.25, 0.3) is 0 Å². The number of halogens is 1. The van der Waals surface area contributed by atoms with Crippen LogP contribution in [0.3, 0.4) is 0 Å². The Balaban J connectivity index is 2.72. The first-order chi connectivity index (χ1) is 5.74. The molecule has 0 spiro atoms. The number of hydrogen-bond acceptors (Lipinski definition) is 2. The Labute approximate surface area is 71.1 Å². The maximum absolute atomic E-state index is 12.6. The monoisotopic (exact) mass is 169 g/mol. The lowest BCUT2D eigenvalue weighted by Crippen LogP contribution is -2.04. The van der Waals surface area contributed by atoms with Gasteiger partial charge in [-0.25, -0.2) is 10.3 Å². The second-order valence-corrected chi connectivity index (χ2v) is 2.69. The standard InChI is InChI=1S/C9H12FNO/c1-7-6-9(10)3-2-8(7)4-5-12-11/h2-3,6H,4-5,11H2,1H3. The van der Waals surface area contributed by atoms with E-state index in [1.54, 1.807) is 6.07 Å². The molecule has 0 fully saturated rings. The van der Waals surface area contributed by atoms with Crippen molar-refractivity contribution < 1.29 is 9.23 Å². The second kappa shape index (κ2) is 4.18. The van der Waals surface area contributed by atoms with Crippen LogP contribution >= 0.6 is 0 Å². The summed E-state index contributed by atoms with van der Waals surface area (Å²) in [6, 6.07) is 4.70. The van der Waals surface area contributed by atoms with Crippen LogP contribution in [0.5, 0.6) is 0 Å². The first-order valence-corrected chi connectivity index (χ1v) is 3.80. The predicted octanol–water partition coefficient (Wildman–Crippen LogP) is 1.57. The number of aryl methyl sites for hydroxylation is 1. The van der Waals surface area contributed by atoms with Crippen LogP contribution in [-0.2, 0) is 11.3 Å². The van der Waals surface area contributed by atoms with E-state index in [-0.39, 0.29) is 5.82 Å². The third kappa shape index (κ3) is 2.29. The molecule has 0 aliphatic carbocycles. The van der Waals surface area contributed by atoms with Crippen molar-refractivity contribution in [1.29, 1.82) is 0 Å². The number of nitrogens with two attached hydrogens (primary N) is 1. The fourth-order valence-electron chi connectivity index (χ4n) is 1.11. The van der Waals surface area contributed by atoms with E-state index in [2.05, 4.69) is 4.84 Å². The summed E-state index contributed by atoms with van der Waals surface area (Å²) >= 11 is 0. The van der Waals surface area contributed by atoms with Crippen LogP contribution in [0.4, 0.5) is 4.39 Å². The van der Waals surface area contributed by atoms with Crippen LogP contribution < -0.4 is 5.90 Å². The molecule has 0 heterocycles. The molecule has 1 aromatic carbocycles. The van der Waals surface area contributed by atoms with Crippen molar-refractivity contribution in [3.05, 3.63) is 35.1 Å². The molecule has 3 heteroatoms. The van der Waals surface area contributed by atoms with Gasteiger partial charge in [-0.2, -0.15) is 0 Å². The minimum Gasteiger partial charge on any atom is -0.304 e. The lowest BCUT2D eigenvalue weighted by molar-refractivity contribution is 0.141. The Kier molecular flexibility index (Phi) is 3.19. The van der Waals surface area contributed by atoms with Crippen molar-refractivity contribution in [2.75, 3.05) is 6.61 Å². The lowest BCUT2D eigenvalue weighted by atomic mass is 10.1. The van der Waals surface area contributed by atoms with Crippen LogP contribution in [0.1, 0.15) is 11.1 Å². The van der Waals surface area contributed by atoms with Gasteiger partial charge in [0.15, 0.2) is 0 Å². The third-order valence-electron chi connectivity index (χ3n) is 1.79. The average molecular weight is 169 g/mol. The molecule has 0 amide bonds. The highest BCUT2D eigenvalue weighted by molar-refractivity contribution is 5.26. The average Bonchev–Trinajstić information content (AvgIpc) is 2.03. The molecule has 0 aliphatic rings. The van der Waals surface area contributed by atoms with E-state index in [1.165, 1.54) is 12.1 Å². The summed E-state index contributed by atoms with van der Waals surface area (Å²) in [5.41, 5.74) is 2.01. The lowest BCUT2D eigenvalue weighted by Gasteiger charge is -2.03. The summed E-state index contributed by atoms with van der Waals surface area (Å²) in [5.74, 6) is 4.68. The van der Waals surface area contributed by atoms with Crippen molar-refractivity contribution in [1.82, 2.24) is 0 Å². The van der Waals surface area contributed by atoms with E-state index >= 15 is 0 Å². The number of benzene rings is 1. The molecule has 0 aromatic heterocycles. The molecule has 1 rings (SSSR count). The zero-order valence-electron chi connectivity index (χ0n) is 7.01. The molecule has 66 valence electrons. The second-order valence-electron chi connectivity index (χ2n) is 2.69.